The standard InChI is InChI=1S/C18H19N2O/c1-19-10-8-14(9-11-19)4-5-15-13-20(2)18-7-6-16(21-3)12-17(15)18/h4-13H,1-3H3/q+1. The van der Waals surface area contributed by atoms with Gasteiger partial charge in [-0.3, -0.25) is 0 Å². The zero-order valence-electron chi connectivity index (χ0n) is 12.6. The van der Waals surface area contributed by atoms with Crippen molar-refractivity contribution >= 4 is 23.1 Å². The Balaban J connectivity index is 2.01. The quantitative estimate of drug-likeness (QED) is 0.673. The van der Waals surface area contributed by atoms with Gasteiger partial charge in [-0.25, -0.2) is 4.57 Å². The van der Waals surface area contributed by atoms with Gasteiger partial charge in [0.25, 0.3) is 0 Å². The van der Waals surface area contributed by atoms with E-state index in [0.29, 0.717) is 0 Å². The molecular formula is C18H19N2O+. The second kappa shape index (κ2) is 5.44. The molecule has 0 aliphatic heterocycles. The van der Waals surface area contributed by atoms with Crippen LogP contribution in [0.2, 0.25) is 0 Å². The number of methoxy groups -OCH3 is 1. The first-order valence-electron chi connectivity index (χ1n) is 6.94. The van der Waals surface area contributed by atoms with Crippen LogP contribution in [0.5, 0.6) is 5.75 Å². The summed E-state index contributed by atoms with van der Waals surface area (Å²) in [5, 5.41) is 1.20. The van der Waals surface area contributed by atoms with Crippen LogP contribution >= 0.6 is 0 Å². The van der Waals surface area contributed by atoms with E-state index in [9.17, 15) is 0 Å². The molecule has 0 amide bonds. The van der Waals surface area contributed by atoms with E-state index in [2.05, 4.69) is 54.2 Å². The molecule has 0 spiro atoms. The fourth-order valence-electron chi connectivity index (χ4n) is 2.47. The first-order valence-corrected chi connectivity index (χ1v) is 6.94. The highest BCUT2D eigenvalue weighted by Gasteiger charge is 2.05. The number of aryl methyl sites for hydroxylation is 2. The summed E-state index contributed by atoms with van der Waals surface area (Å²) >= 11 is 0. The van der Waals surface area contributed by atoms with E-state index in [1.54, 1.807) is 7.11 Å². The number of aromatic nitrogens is 2. The van der Waals surface area contributed by atoms with Gasteiger partial charge in [0.15, 0.2) is 12.4 Å². The van der Waals surface area contributed by atoms with Crippen molar-refractivity contribution in [1.82, 2.24) is 4.57 Å². The van der Waals surface area contributed by atoms with Crippen LogP contribution in [0.4, 0.5) is 0 Å². The fourth-order valence-corrected chi connectivity index (χ4v) is 2.47. The minimum atomic E-state index is 0.884. The van der Waals surface area contributed by atoms with Gasteiger partial charge in [0, 0.05) is 41.8 Å². The van der Waals surface area contributed by atoms with Crippen LogP contribution in [-0.2, 0) is 14.1 Å². The molecule has 0 unspecified atom stereocenters. The van der Waals surface area contributed by atoms with E-state index in [0.717, 1.165) is 5.75 Å². The summed E-state index contributed by atoms with van der Waals surface area (Å²) in [5.41, 5.74) is 3.59. The molecule has 0 atom stereocenters. The number of benzene rings is 1. The molecule has 21 heavy (non-hydrogen) atoms. The van der Waals surface area contributed by atoms with Gasteiger partial charge < -0.3 is 9.30 Å². The monoisotopic (exact) mass is 279 g/mol. The zero-order valence-corrected chi connectivity index (χ0v) is 12.6. The second-order valence-electron chi connectivity index (χ2n) is 5.21. The zero-order chi connectivity index (χ0) is 14.8. The summed E-state index contributed by atoms with van der Waals surface area (Å²) in [6, 6.07) is 10.4. The molecule has 3 heteroatoms. The Hall–Kier alpha value is -2.55. The first kappa shape index (κ1) is 13.4. The van der Waals surface area contributed by atoms with Crippen molar-refractivity contribution < 1.29 is 9.30 Å². The molecular weight excluding hydrogens is 260 g/mol. The summed E-state index contributed by atoms with van der Waals surface area (Å²) in [5.74, 6) is 0.884. The van der Waals surface area contributed by atoms with Gasteiger partial charge in [0.2, 0.25) is 0 Å². The summed E-state index contributed by atoms with van der Waals surface area (Å²) < 4.78 is 9.49. The van der Waals surface area contributed by atoms with Crippen LogP contribution in [0.3, 0.4) is 0 Å². The molecule has 0 saturated heterocycles. The van der Waals surface area contributed by atoms with E-state index in [1.165, 1.54) is 22.0 Å². The predicted octanol–water partition coefficient (Wildman–Crippen LogP) is 3.18. The second-order valence-corrected chi connectivity index (χ2v) is 5.21. The number of pyridine rings is 1. The molecule has 0 aliphatic rings. The average molecular weight is 279 g/mol. The lowest BCUT2D eigenvalue weighted by atomic mass is 10.1. The molecule has 0 aliphatic carbocycles. The Morgan fingerprint density at radius 2 is 1.86 bits per heavy atom. The molecule has 106 valence electrons. The highest BCUT2D eigenvalue weighted by atomic mass is 16.5. The Bertz CT molecular complexity index is 798. The van der Waals surface area contributed by atoms with Gasteiger partial charge >= 0.3 is 0 Å². The van der Waals surface area contributed by atoms with Crippen molar-refractivity contribution in [3.05, 3.63) is 60.0 Å². The van der Waals surface area contributed by atoms with E-state index in [-0.39, 0.29) is 0 Å². The molecule has 0 saturated carbocycles. The SMILES string of the molecule is COc1ccc2c(c1)c(/C=C/c1cc[n+](C)cc1)cn2C. The minimum Gasteiger partial charge on any atom is -0.497 e. The van der Waals surface area contributed by atoms with Crippen LogP contribution in [0.25, 0.3) is 23.1 Å². The van der Waals surface area contributed by atoms with Gasteiger partial charge in [-0.15, -0.1) is 0 Å². The van der Waals surface area contributed by atoms with E-state index in [4.69, 9.17) is 4.74 Å². The molecule has 1 aromatic carbocycles. The van der Waals surface area contributed by atoms with Crippen molar-refractivity contribution in [1.29, 1.82) is 0 Å². The van der Waals surface area contributed by atoms with Gasteiger partial charge in [-0.2, -0.15) is 0 Å². The summed E-state index contributed by atoms with van der Waals surface area (Å²) in [6.45, 7) is 0. The maximum absolute atomic E-state index is 5.33. The average Bonchev–Trinajstić information content (AvgIpc) is 2.82. The number of fused-ring (bicyclic) bond motifs is 1. The van der Waals surface area contributed by atoms with Crippen LogP contribution in [0.1, 0.15) is 11.1 Å². The van der Waals surface area contributed by atoms with Crippen molar-refractivity contribution in [2.45, 2.75) is 0 Å². The van der Waals surface area contributed by atoms with E-state index >= 15 is 0 Å². The molecule has 2 heterocycles. The lowest BCUT2D eigenvalue weighted by Crippen LogP contribution is -2.25. The molecule has 3 rings (SSSR count). The fraction of sp³-hybridized carbons (Fsp3) is 0.167. The predicted molar refractivity (Wildman–Crippen MR) is 86.0 cm³/mol. The number of hydrogen-bond acceptors (Lipinski definition) is 1. The van der Waals surface area contributed by atoms with E-state index in [1.807, 2.05) is 30.1 Å². The molecule has 0 radical (unpaired) electrons. The third-order valence-corrected chi connectivity index (χ3v) is 3.69. The molecule has 2 aromatic heterocycles. The van der Waals surface area contributed by atoms with Crippen LogP contribution < -0.4 is 9.30 Å². The van der Waals surface area contributed by atoms with Crippen LogP contribution in [0, 0.1) is 0 Å². The lowest BCUT2D eigenvalue weighted by Gasteiger charge is -2.00. The van der Waals surface area contributed by atoms with Crippen LogP contribution in [-0.4, -0.2) is 11.7 Å². The molecule has 0 fully saturated rings. The molecule has 0 N–H and O–H groups in total. The highest BCUT2D eigenvalue weighted by Crippen LogP contribution is 2.26. The van der Waals surface area contributed by atoms with Crippen LogP contribution in [0.15, 0.2) is 48.9 Å². The normalized spacial score (nSPS) is 11.4. The van der Waals surface area contributed by atoms with Gasteiger partial charge in [0.1, 0.15) is 12.8 Å². The highest BCUT2D eigenvalue weighted by molar-refractivity contribution is 5.92. The van der Waals surface area contributed by atoms with Gasteiger partial charge in [0.05, 0.1) is 7.11 Å². The smallest absolute Gasteiger partial charge is 0.169 e. The maximum atomic E-state index is 5.33. The largest absolute Gasteiger partial charge is 0.497 e. The van der Waals surface area contributed by atoms with Crippen molar-refractivity contribution in [3.8, 4) is 5.75 Å². The third kappa shape index (κ3) is 2.68. The molecule has 3 aromatic rings. The summed E-state index contributed by atoms with van der Waals surface area (Å²) in [6.07, 6.45) is 10.5. The molecule has 3 nitrogen and oxygen atoms in total. The Morgan fingerprint density at radius 1 is 1.10 bits per heavy atom. The van der Waals surface area contributed by atoms with Gasteiger partial charge in [-0.1, -0.05) is 12.2 Å². The summed E-state index contributed by atoms with van der Waals surface area (Å²) in [4.78, 5) is 0. The van der Waals surface area contributed by atoms with Gasteiger partial charge in [-0.05, 0) is 23.8 Å². The Labute approximate surface area is 124 Å². The number of rotatable bonds is 3. The van der Waals surface area contributed by atoms with E-state index < -0.39 is 0 Å². The maximum Gasteiger partial charge on any atom is 0.169 e. The molecule has 0 bridgehead atoms. The van der Waals surface area contributed by atoms with Crippen molar-refractivity contribution in [3.63, 3.8) is 0 Å². The van der Waals surface area contributed by atoms with Crippen molar-refractivity contribution in [2.24, 2.45) is 14.1 Å². The lowest BCUT2D eigenvalue weighted by molar-refractivity contribution is -0.671. The Morgan fingerprint density at radius 3 is 2.57 bits per heavy atom. The topological polar surface area (TPSA) is 18.0 Å². The Kier molecular flexibility index (Phi) is 3.48. The minimum absolute atomic E-state index is 0.884. The number of ether oxygens (including phenoxy) is 1. The number of nitrogens with zero attached hydrogens (tertiary/aromatic N) is 2. The first-order chi connectivity index (χ1) is 10.2. The third-order valence-electron chi connectivity index (χ3n) is 3.69. The summed E-state index contributed by atoms with van der Waals surface area (Å²) in [7, 11) is 5.78. The number of hydrogen-bond donors (Lipinski definition) is 0. The van der Waals surface area contributed by atoms with Crippen molar-refractivity contribution in [2.75, 3.05) is 7.11 Å².